The van der Waals surface area contributed by atoms with Crippen LogP contribution in [0.25, 0.3) is 0 Å². The van der Waals surface area contributed by atoms with E-state index in [0.717, 1.165) is 11.3 Å². The third-order valence-corrected chi connectivity index (χ3v) is 5.20. The molecule has 0 aliphatic carbocycles. The quantitative estimate of drug-likeness (QED) is 0.540. The lowest BCUT2D eigenvalue weighted by Crippen LogP contribution is -2.20. The van der Waals surface area contributed by atoms with Crippen molar-refractivity contribution in [3.63, 3.8) is 0 Å². The summed E-state index contributed by atoms with van der Waals surface area (Å²) in [5, 5.41) is 12.0. The molecule has 7 nitrogen and oxygen atoms in total. The Kier molecular flexibility index (Phi) is 6.78. The monoisotopic (exact) mass is 417 g/mol. The molecule has 0 fully saturated rings. The topological polar surface area (TPSA) is 95.1 Å². The van der Waals surface area contributed by atoms with Crippen molar-refractivity contribution in [2.45, 2.75) is 24.4 Å². The molecular weight excluding hydrogens is 398 g/mol. The average Bonchev–Trinajstić information content (AvgIpc) is 3.02. The number of nitrogens with zero attached hydrogens (tertiary/aromatic N) is 3. The fraction of sp³-hybridized carbons (Fsp3) is 0.211. The highest BCUT2D eigenvalue weighted by molar-refractivity contribution is 7.98. The van der Waals surface area contributed by atoms with Crippen LogP contribution in [-0.2, 0) is 17.1 Å². The lowest BCUT2D eigenvalue weighted by molar-refractivity contribution is -0.116. The Hall–Kier alpha value is -2.71. The fourth-order valence-electron chi connectivity index (χ4n) is 2.46. The van der Waals surface area contributed by atoms with Gasteiger partial charge in [0.2, 0.25) is 11.9 Å². The van der Waals surface area contributed by atoms with Crippen LogP contribution in [0.4, 0.5) is 11.6 Å². The van der Waals surface area contributed by atoms with E-state index < -0.39 is 0 Å². The predicted octanol–water partition coefficient (Wildman–Crippen LogP) is 3.84. The van der Waals surface area contributed by atoms with Crippen LogP contribution in [0.15, 0.2) is 53.7 Å². The lowest BCUT2D eigenvalue weighted by atomic mass is 10.2. The summed E-state index contributed by atoms with van der Waals surface area (Å²) in [6, 6.07) is 14.7. The minimum absolute atomic E-state index is 0.0108. The summed E-state index contributed by atoms with van der Waals surface area (Å²) < 4.78 is 6.97. The molecule has 0 unspecified atom stereocenters. The second-order valence-electron chi connectivity index (χ2n) is 5.81. The second kappa shape index (κ2) is 9.48. The van der Waals surface area contributed by atoms with Crippen molar-refractivity contribution in [1.82, 2.24) is 14.8 Å². The third kappa shape index (κ3) is 5.17. The highest BCUT2D eigenvalue weighted by atomic mass is 35.5. The molecule has 0 aliphatic rings. The molecule has 0 atom stereocenters. The zero-order valence-corrected chi connectivity index (χ0v) is 16.8. The number of nitrogens with two attached hydrogens (primary N) is 1. The van der Waals surface area contributed by atoms with Crippen LogP contribution in [-0.4, -0.2) is 27.3 Å². The predicted molar refractivity (Wildman–Crippen MR) is 112 cm³/mol. The van der Waals surface area contributed by atoms with Gasteiger partial charge in [-0.15, -0.1) is 10.2 Å². The zero-order chi connectivity index (χ0) is 19.9. The largest absolute Gasteiger partial charge is 0.494 e. The lowest BCUT2D eigenvalue weighted by Gasteiger charge is -2.10. The standard InChI is InChI=1S/C19H20ClN5O2S/c1-2-27-15-9-7-14(8-10-15)22-17(26)11-25-18(21)23-24-19(25)28-12-13-5-3-4-6-16(13)20/h3-10H,2,11-12H2,1H3,(H2,21,23)(H,22,26). The van der Waals surface area contributed by atoms with Crippen LogP contribution in [0.5, 0.6) is 5.75 Å². The molecule has 0 saturated heterocycles. The number of nitrogen functional groups attached to an aromatic ring is 1. The van der Waals surface area contributed by atoms with Gasteiger partial charge in [-0.2, -0.15) is 0 Å². The normalized spacial score (nSPS) is 10.6. The summed E-state index contributed by atoms with van der Waals surface area (Å²) >= 11 is 7.61. The van der Waals surface area contributed by atoms with E-state index in [9.17, 15) is 4.79 Å². The van der Waals surface area contributed by atoms with E-state index in [-0.39, 0.29) is 18.4 Å². The van der Waals surface area contributed by atoms with Crippen molar-refractivity contribution in [3.8, 4) is 5.75 Å². The van der Waals surface area contributed by atoms with Gasteiger partial charge in [-0.25, -0.2) is 0 Å². The van der Waals surface area contributed by atoms with Gasteiger partial charge in [-0.05, 0) is 42.8 Å². The van der Waals surface area contributed by atoms with E-state index in [1.165, 1.54) is 11.8 Å². The number of benzene rings is 2. The van der Waals surface area contributed by atoms with Gasteiger partial charge in [0.05, 0.1) is 6.61 Å². The van der Waals surface area contributed by atoms with E-state index in [1.54, 1.807) is 28.8 Å². The molecular formula is C19H20ClN5O2S. The van der Waals surface area contributed by atoms with Crippen LogP contribution >= 0.6 is 23.4 Å². The van der Waals surface area contributed by atoms with Crippen molar-refractivity contribution in [2.24, 2.45) is 0 Å². The number of amides is 1. The number of halogens is 1. The smallest absolute Gasteiger partial charge is 0.244 e. The average molecular weight is 418 g/mol. The Morgan fingerprint density at radius 3 is 2.68 bits per heavy atom. The zero-order valence-electron chi connectivity index (χ0n) is 15.3. The van der Waals surface area contributed by atoms with Gasteiger partial charge in [0, 0.05) is 16.5 Å². The molecule has 28 heavy (non-hydrogen) atoms. The Morgan fingerprint density at radius 1 is 1.21 bits per heavy atom. The molecule has 3 rings (SSSR count). The minimum atomic E-state index is -0.227. The van der Waals surface area contributed by atoms with Gasteiger partial charge in [-0.3, -0.25) is 9.36 Å². The second-order valence-corrected chi connectivity index (χ2v) is 7.16. The summed E-state index contributed by atoms with van der Waals surface area (Å²) in [6.07, 6.45) is 0. The van der Waals surface area contributed by atoms with E-state index in [0.29, 0.717) is 28.2 Å². The SMILES string of the molecule is CCOc1ccc(NC(=O)Cn2c(N)nnc2SCc2ccccc2Cl)cc1. The van der Waals surface area contributed by atoms with Gasteiger partial charge in [0.15, 0.2) is 5.16 Å². The number of hydrogen-bond acceptors (Lipinski definition) is 6. The molecule has 0 aliphatic heterocycles. The van der Waals surface area contributed by atoms with Crippen molar-refractivity contribution in [1.29, 1.82) is 0 Å². The number of ether oxygens (including phenoxy) is 1. The molecule has 9 heteroatoms. The van der Waals surface area contributed by atoms with Gasteiger partial charge in [0.1, 0.15) is 12.3 Å². The fourth-order valence-corrected chi connectivity index (χ4v) is 3.69. The molecule has 1 aromatic heterocycles. The summed E-state index contributed by atoms with van der Waals surface area (Å²) in [4.78, 5) is 12.4. The van der Waals surface area contributed by atoms with Gasteiger partial charge < -0.3 is 15.8 Å². The van der Waals surface area contributed by atoms with Gasteiger partial charge in [-0.1, -0.05) is 41.6 Å². The molecule has 0 bridgehead atoms. The van der Waals surface area contributed by atoms with Crippen molar-refractivity contribution in [3.05, 3.63) is 59.1 Å². The first-order valence-electron chi connectivity index (χ1n) is 8.64. The van der Waals surface area contributed by atoms with E-state index in [2.05, 4.69) is 15.5 Å². The number of carbonyl (C=O) groups is 1. The summed E-state index contributed by atoms with van der Waals surface area (Å²) in [7, 11) is 0. The number of hydrogen-bond donors (Lipinski definition) is 2. The van der Waals surface area contributed by atoms with Crippen molar-refractivity contribution < 1.29 is 9.53 Å². The van der Waals surface area contributed by atoms with Crippen LogP contribution in [0.1, 0.15) is 12.5 Å². The number of anilines is 2. The highest BCUT2D eigenvalue weighted by Gasteiger charge is 2.14. The van der Waals surface area contributed by atoms with Gasteiger partial charge in [0.25, 0.3) is 0 Å². The Bertz CT molecular complexity index is 946. The van der Waals surface area contributed by atoms with E-state index in [1.807, 2.05) is 31.2 Å². The Morgan fingerprint density at radius 2 is 1.96 bits per heavy atom. The maximum absolute atomic E-state index is 12.4. The number of carbonyl (C=O) groups excluding carboxylic acids is 1. The summed E-state index contributed by atoms with van der Waals surface area (Å²) in [5.74, 6) is 1.30. The maximum atomic E-state index is 12.4. The maximum Gasteiger partial charge on any atom is 0.244 e. The van der Waals surface area contributed by atoms with Crippen molar-refractivity contribution >= 4 is 40.9 Å². The first-order chi connectivity index (χ1) is 13.6. The number of thioether (sulfide) groups is 1. The molecule has 3 N–H and O–H groups in total. The van der Waals surface area contributed by atoms with Crippen LogP contribution in [0, 0.1) is 0 Å². The van der Waals surface area contributed by atoms with Crippen LogP contribution in [0.2, 0.25) is 5.02 Å². The van der Waals surface area contributed by atoms with Crippen molar-refractivity contribution in [2.75, 3.05) is 17.7 Å². The molecule has 146 valence electrons. The molecule has 2 aromatic carbocycles. The summed E-state index contributed by atoms with van der Waals surface area (Å²) in [6.45, 7) is 2.52. The van der Waals surface area contributed by atoms with E-state index >= 15 is 0 Å². The van der Waals surface area contributed by atoms with E-state index in [4.69, 9.17) is 22.1 Å². The molecule has 0 saturated carbocycles. The minimum Gasteiger partial charge on any atom is -0.494 e. The highest BCUT2D eigenvalue weighted by Crippen LogP contribution is 2.26. The number of nitrogens with one attached hydrogen (secondary N) is 1. The first-order valence-corrected chi connectivity index (χ1v) is 10.0. The molecule has 0 spiro atoms. The van der Waals surface area contributed by atoms with Crippen LogP contribution in [0.3, 0.4) is 0 Å². The Labute approximate surface area is 172 Å². The molecule has 0 radical (unpaired) electrons. The first kappa shape index (κ1) is 20.0. The van der Waals surface area contributed by atoms with Crippen LogP contribution < -0.4 is 15.8 Å². The number of aromatic nitrogens is 3. The van der Waals surface area contributed by atoms with Gasteiger partial charge >= 0.3 is 0 Å². The molecule has 1 heterocycles. The summed E-state index contributed by atoms with van der Waals surface area (Å²) in [5.41, 5.74) is 7.53. The Balaban J connectivity index is 1.63. The number of rotatable bonds is 8. The third-order valence-electron chi connectivity index (χ3n) is 3.81. The molecule has 3 aromatic rings. The molecule has 1 amide bonds.